The summed E-state index contributed by atoms with van der Waals surface area (Å²) in [6.45, 7) is 4.49. The third kappa shape index (κ3) is 1.96. The minimum atomic E-state index is 0.309. The number of hydrogen-bond acceptors (Lipinski definition) is 2. The predicted octanol–water partition coefficient (Wildman–Crippen LogP) is 1.18. The molecule has 1 heterocycles. The van der Waals surface area contributed by atoms with Gasteiger partial charge < -0.3 is 9.84 Å². The number of rotatable bonds is 4. The van der Waals surface area contributed by atoms with Crippen molar-refractivity contribution in [1.82, 2.24) is 0 Å². The standard InChI is InChI=1S/C8H16O2/c1-3-7(5-9)4-8-6(2)10-8/h6-9H,3-5H2,1-2H3. The number of ether oxygens (including phenoxy) is 1. The summed E-state index contributed by atoms with van der Waals surface area (Å²) in [4.78, 5) is 0. The smallest absolute Gasteiger partial charge is 0.0842 e. The summed E-state index contributed by atoms with van der Waals surface area (Å²) in [5.74, 6) is 0.454. The Morgan fingerprint density at radius 3 is 2.50 bits per heavy atom. The second kappa shape index (κ2) is 3.35. The van der Waals surface area contributed by atoms with E-state index in [2.05, 4.69) is 13.8 Å². The van der Waals surface area contributed by atoms with Crippen LogP contribution in [0, 0.1) is 5.92 Å². The Labute approximate surface area is 62.2 Å². The Balaban J connectivity index is 2.10. The van der Waals surface area contributed by atoms with Crippen molar-refractivity contribution in [3.8, 4) is 0 Å². The highest BCUT2D eigenvalue weighted by Gasteiger charge is 2.35. The predicted molar refractivity (Wildman–Crippen MR) is 39.8 cm³/mol. The van der Waals surface area contributed by atoms with Crippen molar-refractivity contribution in [3.63, 3.8) is 0 Å². The van der Waals surface area contributed by atoms with Crippen molar-refractivity contribution in [2.45, 2.75) is 38.9 Å². The summed E-state index contributed by atoms with van der Waals surface area (Å²) < 4.78 is 5.24. The SMILES string of the molecule is CCC(CO)CC1OC1C. The van der Waals surface area contributed by atoms with Crippen LogP contribution in [0.3, 0.4) is 0 Å². The number of aliphatic hydroxyl groups is 1. The highest BCUT2D eigenvalue weighted by molar-refractivity contribution is 4.82. The molecule has 0 aromatic heterocycles. The van der Waals surface area contributed by atoms with E-state index < -0.39 is 0 Å². The van der Waals surface area contributed by atoms with E-state index in [0.29, 0.717) is 24.7 Å². The lowest BCUT2D eigenvalue weighted by molar-refractivity contribution is 0.203. The van der Waals surface area contributed by atoms with Crippen molar-refractivity contribution < 1.29 is 9.84 Å². The first-order valence-electron chi connectivity index (χ1n) is 4.04. The second-order valence-corrected chi connectivity index (χ2v) is 3.07. The van der Waals surface area contributed by atoms with Gasteiger partial charge in [-0.2, -0.15) is 0 Å². The van der Waals surface area contributed by atoms with Crippen molar-refractivity contribution in [2.75, 3.05) is 6.61 Å². The van der Waals surface area contributed by atoms with Crippen LogP contribution in [-0.2, 0) is 4.74 Å². The Kier molecular flexibility index (Phi) is 2.69. The molecule has 0 saturated carbocycles. The lowest BCUT2D eigenvalue weighted by atomic mass is 10.0. The van der Waals surface area contributed by atoms with Crippen LogP contribution in [0.1, 0.15) is 26.7 Å². The summed E-state index contributed by atoms with van der Waals surface area (Å²) in [5.41, 5.74) is 0. The topological polar surface area (TPSA) is 32.8 Å². The zero-order chi connectivity index (χ0) is 7.56. The molecule has 0 aromatic rings. The summed E-state index contributed by atoms with van der Waals surface area (Å²) in [5, 5.41) is 8.83. The number of epoxide rings is 1. The van der Waals surface area contributed by atoms with E-state index in [0.717, 1.165) is 12.8 Å². The summed E-state index contributed by atoms with van der Waals surface area (Å²) in [7, 11) is 0. The molecule has 1 N–H and O–H groups in total. The second-order valence-electron chi connectivity index (χ2n) is 3.07. The van der Waals surface area contributed by atoms with Crippen LogP contribution in [0.5, 0.6) is 0 Å². The molecule has 1 rings (SSSR count). The first-order valence-corrected chi connectivity index (χ1v) is 4.04. The van der Waals surface area contributed by atoms with Crippen LogP contribution in [0.25, 0.3) is 0 Å². The monoisotopic (exact) mass is 144 g/mol. The van der Waals surface area contributed by atoms with Crippen LogP contribution in [-0.4, -0.2) is 23.9 Å². The van der Waals surface area contributed by atoms with Gasteiger partial charge in [-0.1, -0.05) is 13.3 Å². The van der Waals surface area contributed by atoms with E-state index in [1.165, 1.54) is 0 Å². The molecule has 0 radical (unpaired) electrons. The van der Waals surface area contributed by atoms with E-state index in [1.807, 2.05) is 0 Å². The third-order valence-electron chi connectivity index (χ3n) is 2.24. The number of hydrogen-bond donors (Lipinski definition) is 1. The normalized spacial score (nSPS) is 33.9. The van der Waals surface area contributed by atoms with Gasteiger partial charge in [0, 0.05) is 6.61 Å². The highest BCUT2D eigenvalue weighted by Crippen LogP contribution is 2.28. The van der Waals surface area contributed by atoms with Crippen LogP contribution >= 0.6 is 0 Å². The maximum atomic E-state index is 8.83. The van der Waals surface area contributed by atoms with Gasteiger partial charge in [0.15, 0.2) is 0 Å². The van der Waals surface area contributed by atoms with Crippen molar-refractivity contribution in [1.29, 1.82) is 0 Å². The van der Waals surface area contributed by atoms with Crippen molar-refractivity contribution in [2.24, 2.45) is 5.92 Å². The molecule has 1 saturated heterocycles. The van der Waals surface area contributed by atoms with Crippen molar-refractivity contribution >= 4 is 0 Å². The lowest BCUT2D eigenvalue weighted by Gasteiger charge is -2.07. The molecule has 0 aromatic carbocycles. The van der Waals surface area contributed by atoms with E-state index >= 15 is 0 Å². The van der Waals surface area contributed by atoms with Crippen molar-refractivity contribution in [3.05, 3.63) is 0 Å². The van der Waals surface area contributed by atoms with Crippen LogP contribution in [0.15, 0.2) is 0 Å². The first kappa shape index (κ1) is 8.02. The molecule has 3 unspecified atom stereocenters. The zero-order valence-electron chi connectivity index (χ0n) is 6.71. The van der Waals surface area contributed by atoms with Gasteiger partial charge in [-0.25, -0.2) is 0 Å². The molecule has 0 bridgehead atoms. The summed E-state index contributed by atoms with van der Waals surface area (Å²) in [6, 6.07) is 0. The van der Waals surface area contributed by atoms with Gasteiger partial charge in [-0.3, -0.25) is 0 Å². The van der Waals surface area contributed by atoms with Gasteiger partial charge in [-0.15, -0.1) is 0 Å². The first-order chi connectivity index (χ1) is 4.77. The maximum Gasteiger partial charge on any atom is 0.0842 e. The number of aliphatic hydroxyl groups excluding tert-OH is 1. The molecule has 1 fully saturated rings. The third-order valence-corrected chi connectivity index (χ3v) is 2.24. The Morgan fingerprint density at radius 1 is 1.60 bits per heavy atom. The summed E-state index contributed by atoms with van der Waals surface area (Å²) >= 11 is 0. The van der Waals surface area contributed by atoms with E-state index in [1.54, 1.807) is 0 Å². The molecular formula is C8H16O2. The molecule has 1 aliphatic heterocycles. The highest BCUT2D eigenvalue weighted by atomic mass is 16.6. The molecule has 2 nitrogen and oxygen atoms in total. The van der Waals surface area contributed by atoms with Gasteiger partial charge in [0.25, 0.3) is 0 Å². The molecule has 0 aliphatic carbocycles. The van der Waals surface area contributed by atoms with Gasteiger partial charge in [0.05, 0.1) is 12.2 Å². The Morgan fingerprint density at radius 2 is 2.20 bits per heavy atom. The average molecular weight is 144 g/mol. The quantitative estimate of drug-likeness (QED) is 0.601. The minimum absolute atomic E-state index is 0.309. The molecule has 0 amide bonds. The molecule has 0 spiro atoms. The minimum Gasteiger partial charge on any atom is -0.396 e. The fraction of sp³-hybridized carbons (Fsp3) is 1.00. The Hall–Kier alpha value is -0.0800. The van der Waals surface area contributed by atoms with E-state index in [-0.39, 0.29) is 0 Å². The van der Waals surface area contributed by atoms with E-state index in [9.17, 15) is 0 Å². The maximum absolute atomic E-state index is 8.83. The average Bonchev–Trinajstić information content (AvgIpc) is 2.62. The van der Waals surface area contributed by atoms with E-state index in [4.69, 9.17) is 9.84 Å². The lowest BCUT2D eigenvalue weighted by Crippen LogP contribution is -2.08. The molecule has 3 atom stereocenters. The van der Waals surface area contributed by atoms with Gasteiger partial charge in [-0.05, 0) is 19.3 Å². The molecule has 10 heavy (non-hydrogen) atoms. The molecule has 2 heteroatoms. The van der Waals surface area contributed by atoms with Gasteiger partial charge in [0.2, 0.25) is 0 Å². The fourth-order valence-corrected chi connectivity index (χ4v) is 1.18. The van der Waals surface area contributed by atoms with Crippen LogP contribution in [0.4, 0.5) is 0 Å². The van der Waals surface area contributed by atoms with Crippen LogP contribution < -0.4 is 0 Å². The summed E-state index contributed by atoms with van der Waals surface area (Å²) in [6.07, 6.45) is 2.98. The largest absolute Gasteiger partial charge is 0.396 e. The van der Waals surface area contributed by atoms with Gasteiger partial charge in [0.1, 0.15) is 0 Å². The molecular weight excluding hydrogens is 128 g/mol. The Bertz CT molecular complexity index is 99.4. The fourth-order valence-electron chi connectivity index (χ4n) is 1.18. The molecule has 60 valence electrons. The van der Waals surface area contributed by atoms with Crippen LogP contribution in [0.2, 0.25) is 0 Å². The van der Waals surface area contributed by atoms with Gasteiger partial charge >= 0.3 is 0 Å². The zero-order valence-corrected chi connectivity index (χ0v) is 6.71. The molecule has 1 aliphatic rings.